The van der Waals surface area contributed by atoms with E-state index >= 15 is 0 Å². The van der Waals surface area contributed by atoms with E-state index in [0.717, 1.165) is 18.5 Å². The van der Waals surface area contributed by atoms with Crippen molar-refractivity contribution < 1.29 is 4.92 Å². The molecule has 0 amide bonds. The number of rotatable bonds is 2. The van der Waals surface area contributed by atoms with E-state index in [4.69, 9.17) is 23.2 Å². The van der Waals surface area contributed by atoms with Crippen LogP contribution in [0.2, 0.25) is 10.2 Å². The molecular formula is C8H6Cl2N2O2. The van der Waals surface area contributed by atoms with Crippen LogP contribution in [0.4, 0.5) is 5.69 Å². The fourth-order valence-corrected chi connectivity index (χ4v) is 1.83. The first-order chi connectivity index (χ1) is 6.59. The summed E-state index contributed by atoms with van der Waals surface area (Å²) in [6.45, 7) is 0. The number of hydrogen-bond acceptors (Lipinski definition) is 3. The van der Waals surface area contributed by atoms with Crippen LogP contribution >= 0.6 is 23.2 Å². The maximum absolute atomic E-state index is 10.5. The topological polar surface area (TPSA) is 56.0 Å². The van der Waals surface area contributed by atoms with Gasteiger partial charge >= 0.3 is 5.69 Å². The zero-order chi connectivity index (χ0) is 10.3. The van der Waals surface area contributed by atoms with Crippen LogP contribution in [-0.4, -0.2) is 9.91 Å². The van der Waals surface area contributed by atoms with E-state index in [9.17, 15) is 10.1 Å². The summed E-state index contributed by atoms with van der Waals surface area (Å²) in [5, 5.41) is 10.5. The molecule has 1 aromatic heterocycles. The van der Waals surface area contributed by atoms with Gasteiger partial charge in [0.25, 0.3) is 0 Å². The number of halogens is 2. The van der Waals surface area contributed by atoms with Gasteiger partial charge in [-0.2, -0.15) is 0 Å². The van der Waals surface area contributed by atoms with E-state index < -0.39 is 4.92 Å². The van der Waals surface area contributed by atoms with Crippen molar-refractivity contribution in [3.05, 3.63) is 32.1 Å². The molecule has 0 aliphatic heterocycles. The van der Waals surface area contributed by atoms with E-state index in [1.165, 1.54) is 6.07 Å². The molecule has 14 heavy (non-hydrogen) atoms. The van der Waals surface area contributed by atoms with E-state index in [1.807, 2.05) is 0 Å². The highest BCUT2D eigenvalue weighted by atomic mass is 35.5. The molecule has 6 heteroatoms. The van der Waals surface area contributed by atoms with Crippen molar-refractivity contribution in [3.8, 4) is 0 Å². The van der Waals surface area contributed by atoms with E-state index in [2.05, 4.69) is 4.98 Å². The molecule has 2 rings (SSSR count). The van der Waals surface area contributed by atoms with Crippen LogP contribution < -0.4 is 0 Å². The van der Waals surface area contributed by atoms with Crippen molar-refractivity contribution in [2.45, 2.75) is 18.8 Å². The molecular weight excluding hydrogens is 227 g/mol. The molecule has 0 atom stereocenters. The zero-order valence-corrected chi connectivity index (χ0v) is 8.55. The lowest BCUT2D eigenvalue weighted by Gasteiger charge is -2.01. The maximum atomic E-state index is 10.5. The smallest absolute Gasteiger partial charge is 0.258 e. The first kappa shape index (κ1) is 9.68. The molecule has 1 saturated carbocycles. The molecule has 1 aromatic rings. The van der Waals surface area contributed by atoms with Crippen molar-refractivity contribution in [1.29, 1.82) is 0 Å². The summed E-state index contributed by atoms with van der Waals surface area (Å²) in [6, 6.07) is 1.53. The summed E-state index contributed by atoms with van der Waals surface area (Å²) in [5.74, 6) is 0.380. The molecule has 0 spiro atoms. The molecule has 1 aliphatic rings. The molecule has 0 bridgehead atoms. The van der Waals surface area contributed by atoms with Gasteiger partial charge in [0.15, 0.2) is 0 Å². The summed E-state index contributed by atoms with van der Waals surface area (Å²) in [7, 11) is 0. The minimum absolute atomic E-state index is 0.0666. The van der Waals surface area contributed by atoms with Crippen LogP contribution in [0.1, 0.15) is 24.5 Å². The lowest BCUT2D eigenvalue weighted by atomic mass is 10.2. The number of aromatic nitrogens is 1. The van der Waals surface area contributed by atoms with Gasteiger partial charge in [-0.25, -0.2) is 4.98 Å². The second kappa shape index (κ2) is 3.37. The summed E-state index contributed by atoms with van der Waals surface area (Å²) in [5.41, 5.74) is 0.448. The Morgan fingerprint density at radius 1 is 1.50 bits per heavy atom. The van der Waals surface area contributed by atoms with Gasteiger partial charge in [0.05, 0.1) is 4.92 Å². The SMILES string of the molecule is O=[N+]([O-])c1c(Cl)cc(C2CC2)nc1Cl. The van der Waals surface area contributed by atoms with Crippen molar-refractivity contribution in [1.82, 2.24) is 4.98 Å². The molecule has 4 nitrogen and oxygen atoms in total. The average Bonchev–Trinajstić information content (AvgIpc) is 2.83. The van der Waals surface area contributed by atoms with E-state index in [-0.39, 0.29) is 15.9 Å². The predicted molar refractivity (Wildman–Crippen MR) is 52.9 cm³/mol. The van der Waals surface area contributed by atoms with Crippen LogP contribution in [0.15, 0.2) is 6.07 Å². The van der Waals surface area contributed by atoms with E-state index in [1.54, 1.807) is 0 Å². The van der Waals surface area contributed by atoms with Gasteiger partial charge in [-0.3, -0.25) is 10.1 Å². The number of nitrogens with zero attached hydrogens (tertiary/aromatic N) is 2. The quantitative estimate of drug-likeness (QED) is 0.447. The molecule has 1 heterocycles. The first-order valence-electron chi connectivity index (χ1n) is 4.10. The van der Waals surface area contributed by atoms with Crippen molar-refractivity contribution in [3.63, 3.8) is 0 Å². The standard InChI is InChI=1S/C8H6Cl2N2O2/c9-5-3-6(4-1-2-4)11-8(10)7(5)12(13)14/h3-4H,1-2H2. The third kappa shape index (κ3) is 1.67. The summed E-state index contributed by atoms with van der Waals surface area (Å²) in [6.07, 6.45) is 2.11. The summed E-state index contributed by atoms with van der Waals surface area (Å²) < 4.78 is 0. The Labute approximate surface area is 90.0 Å². The van der Waals surface area contributed by atoms with Crippen LogP contribution in [0, 0.1) is 10.1 Å². The average molecular weight is 233 g/mol. The van der Waals surface area contributed by atoms with Gasteiger partial charge in [-0.05, 0) is 18.9 Å². The predicted octanol–water partition coefficient (Wildman–Crippen LogP) is 3.17. The Kier molecular flexibility index (Phi) is 2.33. The second-order valence-corrected chi connectivity index (χ2v) is 3.96. The third-order valence-corrected chi connectivity index (χ3v) is 2.65. The van der Waals surface area contributed by atoms with Crippen LogP contribution in [0.5, 0.6) is 0 Å². The highest BCUT2D eigenvalue weighted by molar-refractivity contribution is 6.37. The Hall–Kier alpha value is -0.870. The Bertz CT molecular complexity index is 381. The second-order valence-electron chi connectivity index (χ2n) is 3.20. The molecule has 0 N–H and O–H groups in total. The van der Waals surface area contributed by atoms with Gasteiger partial charge in [0, 0.05) is 11.6 Å². The lowest BCUT2D eigenvalue weighted by Crippen LogP contribution is -1.95. The molecule has 1 fully saturated rings. The van der Waals surface area contributed by atoms with Gasteiger partial charge in [-0.1, -0.05) is 23.2 Å². The maximum Gasteiger partial charge on any atom is 0.324 e. The molecule has 74 valence electrons. The molecule has 0 radical (unpaired) electrons. The van der Waals surface area contributed by atoms with Gasteiger partial charge in [-0.15, -0.1) is 0 Å². The van der Waals surface area contributed by atoms with Gasteiger partial charge in [0.2, 0.25) is 5.15 Å². The monoisotopic (exact) mass is 232 g/mol. The van der Waals surface area contributed by atoms with E-state index in [0.29, 0.717) is 5.92 Å². The Balaban J connectivity index is 2.49. The zero-order valence-electron chi connectivity index (χ0n) is 7.04. The number of nitro groups is 1. The van der Waals surface area contributed by atoms with Crippen molar-refractivity contribution >= 4 is 28.9 Å². The minimum atomic E-state index is -0.617. The molecule has 1 aliphatic carbocycles. The fraction of sp³-hybridized carbons (Fsp3) is 0.375. The number of hydrogen-bond donors (Lipinski definition) is 0. The number of pyridine rings is 1. The van der Waals surface area contributed by atoms with Crippen LogP contribution in [-0.2, 0) is 0 Å². The fourth-order valence-electron chi connectivity index (χ4n) is 1.25. The lowest BCUT2D eigenvalue weighted by molar-refractivity contribution is -0.384. The summed E-state index contributed by atoms with van der Waals surface area (Å²) in [4.78, 5) is 13.9. The molecule has 0 saturated heterocycles. The third-order valence-electron chi connectivity index (χ3n) is 2.10. The molecule has 0 aromatic carbocycles. The van der Waals surface area contributed by atoms with Crippen LogP contribution in [0.25, 0.3) is 0 Å². The molecule has 0 unspecified atom stereocenters. The van der Waals surface area contributed by atoms with Crippen molar-refractivity contribution in [2.24, 2.45) is 0 Å². The minimum Gasteiger partial charge on any atom is -0.258 e. The normalized spacial score (nSPS) is 15.6. The van der Waals surface area contributed by atoms with Crippen molar-refractivity contribution in [2.75, 3.05) is 0 Å². The van der Waals surface area contributed by atoms with Gasteiger partial charge < -0.3 is 0 Å². The Morgan fingerprint density at radius 2 is 2.14 bits per heavy atom. The Morgan fingerprint density at radius 3 is 2.57 bits per heavy atom. The summed E-state index contributed by atoms with van der Waals surface area (Å²) >= 11 is 11.4. The highest BCUT2D eigenvalue weighted by Gasteiger charge is 2.29. The first-order valence-corrected chi connectivity index (χ1v) is 4.85. The van der Waals surface area contributed by atoms with Gasteiger partial charge in [0.1, 0.15) is 5.02 Å². The van der Waals surface area contributed by atoms with Crippen LogP contribution in [0.3, 0.4) is 0 Å². The highest BCUT2D eigenvalue weighted by Crippen LogP contribution is 2.42. The largest absolute Gasteiger partial charge is 0.324 e.